The van der Waals surface area contributed by atoms with E-state index in [9.17, 15) is 4.79 Å². The molecular formula is C23H32N3O3S+. The van der Waals surface area contributed by atoms with Crippen molar-refractivity contribution in [3.8, 4) is 5.88 Å². The van der Waals surface area contributed by atoms with Crippen LogP contribution in [-0.4, -0.2) is 45.9 Å². The highest BCUT2D eigenvalue weighted by Crippen LogP contribution is 2.36. The highest BCUT2D eigenvalue weighted by atomic mass is 32.1. The number of esters is 1. The number of carbonyl (C=O) groups excluding carboxylic acids is 1. The molecule has 2 aromatic rings. The van der Waals surface area contributed by atoms with Gasteiger partial charge < -0.3 is 9.47 Å². The number of aromatic nitrogens is 2. The van der Waals surface area contributed by atoms with Crippen LogP contribution in [0.5, 0.6) is 5.88 Å². The van der Waals surface area contributed by atoms with Crippen molar-refractivity contribution in [1.82, 2.24) is 8.75 Å². The first-order chi connectivity index (χ1) is 14.5. The topological polar surface area (TPSA) is 61.3 Å². The third-order valence-electron chi connectivity index (χ3n) is 5.49. The Hall–Kier alpha value is -2.25. The van der Waals surface area contributed by atoms with Crippen molar-refractivity contribution in [1.29, 1.82) is 0 Å². The molecule has 0 N–H and O–H groups in total. The van der Waals surface area contributed by atoms with Crippen molar-refractivity contribution in [2.24, 2.45) is 0 Å². The number of carbonyl (C=O) groups is 1. The average molecular weight is 431 g/mol. The van der Waals surface area contributed by atoms with Gasteiger partial charge in [0.15, 0.2) is 0 Å². The Labute approximate surface area is 183 Å². The zero-order chi connectivity index (χ0) is 21.4. The third kappa shape index (κ3) is 5.67. The first-order valence-corrected chi connectivity index (χ1v) is 11.5. The number of quaternary nitrogens is 1. The lowest BCUT2D eigenvalue weighted by Crippen LogP contribution is -2.51. The molecule has 0 bridgehead atoms. The molecule has 30 heavy (non-hydrogen) atoms. The maximum absolute atomic E-state index is 11.9. The van der Waals surface area contributed by atoms with E-state index in [2.05, 4.69) is 28.8 Å². The predicted octanol–water partition coefficient (Wildman–Crippen LogP) is 4.99. The van der Waals surface area contributed by atoms with Gasteiger partial charge in [0.25, 0.3) is 12.1 Å². The molecule has 0 saturated carbocycles. The zero-order valence-electron chi connectivity index (χ0n) is 18.2. The Morgan fingerprint density at radius 2 is 2.00 bits per heavy atom. The summed E-state index contributed by atoms with van der Waals surface area (Å²) < 4.78 is 21.3. The van der Waals surface area contributed by atoms with Crippen LogP contribution in [0.4, 0.5) is 0 Å². The molecule has 0 saturated heterocycles. The van der Waals surface area contributed by atoms with Crippen LogP contribution in [0.15, 0.2) is 36.4 Å². The fraction of sp³-hybridized carbons (Fsp3) is 0.522. The van der Waals surface area contributed by atoms with E-state index >= 15 is 0 Å². The van der Waals surface area contributed by atoms with E-state index in [1.165, 1.54) is 37.9 Å². The molecule has 2 unspecified atom stereocenters. The standard InChI is InChI=1S/C23H32N3O3S/c1-4-5-6-10-16-28-22-21(24-30-25-22)20-14-11-15-26(3,17-20)23(29-18(2)27)19-12-8-7-9-13-19/h7-9,12-14,23H,4-6,10-11,15-17H2,1-3H3/q+1. The van der Waals surface area contributed by atoms with Crippen molar-refractivity contribution in [2.45, 2.75) is 52.2 Å². The van der Waals surface area contributed by atoms with E-state index in [1.807, 2.05) is 30.3 Å². The van der Waals surface area contributed by atoms with Crippen LogP contribution in [0, 0.1) is 0 Å². The van der Waals surface area contributed by atoms with Gasteiger partial charge >= 0.3 is 5.97 Å². The van der Waals surface area contributed by atoms with Crippen molar-refractivity contribution >= 4 is 23.3 Å². The van der Waals surface area contributed by atoms with E-state index in [4.69, 9.17) is 9.47 Å². The van der Waals surface area contributed by atoms with Gasteiger partial charge in [-0.1, -0.05) is 50.5 Å². The lowest BCUT2D eigenvalue weighted by molar-refractivity contribution is -0.953. The van der Waals surface area contributed by atoms with Gasteiger partial charge in [0, 0.05) is 18.9 Å². The molecular weight excluding hydrogens is 398 g/mol. The molecule has 0 spiro atoms. The van der Waals surface area contributed by atoms with E-state index in [-0.39, 0.29) is 12.2 Å². The van der Waals surface area contributed by atoms with Gasteiger partial charge in [-0.15, -0.1) is 4.37 Å². The smallest absolute Gasteiger partial charge is 0.307 e. The number of hydrogen-bond acceptors (Lipinski definition) is 6. The summed E-state index contributed by atoms with van der Waals surface area (Å²) in [4.78, 5) is 11.9. The number of benzene rings is 1. The summed E-state index contributed by atoms with van der Waals surface area (Å²) in [5.41, 5.74) is 2.93. The van der Waals surface area contributed by atoms with Gasteiger partial charge in [-0.05, 0) is 18.6 Å². The fourth-order valence-corrected chi connectivity index (χ4v) is 4.47. The second-order valence-corrected chi connectivity index (χ2v) is 8.61. The molecule has 0 amide bonds. The molecule has 3 rings (SSSR count). The molecule has 1 aliphatic rings. The molecule has 2 heterocycles. The fourth-order valence-electron chi connectivity index (χ4n) is 3.94. The summed E-state index contributed by atoms with van der Waals surface area (Å²) >= 11 is 1.19. The van der Waals surface area contributed by atoms with Crippen molar-refractivity contribution in [2.75, 3.05) is 26.7 Å². The maximum atomic E-state index is 11.9. The number of rotatable bonds is 10. The summed E-state index contributed by atoms with van der Waals surface area (Å²) in [5, 5.41) is 0. The lowest BCUT2D eigenvalue weighted by Gasteiger charge is -2.42. The van der Waals surface area contributed by atoms with E-state index < -0.39 is 0 Å². The predicted molar refractivity (Wildman–Crippen MR) is 119 cm³/mol. The molecule has 0 radical (unpaired) electrons. The Balaban J connectivity index is 1.76. The number of likely N-dealkylation sites (N-methyl/N-ethyl adjacent to an activating group) is 1. The first-order valence-electron chi connectivity index (χ1n) is 10.7. The Morgan fingerprint density at radius 1 is 1.20 bits per heavy atom. The molecule has 7 heteroatoms. The SMILES string of the molecule is CCCCCCOc1nsnc1C1=CCC[N+](C)(C(OC(C)=O)c2ccccc2)C1. The van der Waals surface area contributed by atoms with E-state index in [0.29, 0.717) is 23.5 Å². The highest BCUT2D eigenvalue weighted by molar-refractivity contribution is 6.99. The van der Waals surface area contributed by atoms with Crippen LogP contribution >= 0.6 is 11.7 Å². The Morgan fingerprint density at radius 3 is 2.73 bits per heavy atom. The number of unbranched alkanes of at least 4 members (excludes halogenated alkanes) is 3. The maximum Gasteiger partial charge on any atom is 0.307 e. The summed E-state index contributed by atoms with van der Waals surface area (Å²) in [5.74, 6) is 0.352. The van der Waals surface area contributed by atoms with Crippen molar-refractivity contribution in [3.63, 3.8) is 0 Å². The molecule has 162 valence electrons. The summed E-state index contributed by atoms with van der Waals surface area (Å²) in [6.45, 7) is 5.91. The molecule has 6 nitrogen and oxygen atoms in total. The first kappa shape index (κ1) is 22.4. The minimum absolute atomic E-state index is 0.272. The van der Waals surface area contributed by atoms with Crippen LogP contribution in [0.3, 0.4) is 0 Å². The summed E-state index contributed by atoms with van der Waals surface area (Å²) in [6, 6.07) is 9.97. The second kappa shape index (κ2) is 10.7. The van der Waals surface area contributed by atoms with Gasteiger partial charge in [0.1, 0.15) is 12.2 Å². The van der Waals surface area contributed by atoms with Gasteiger partial charge in [0.05, 0.1) is 37.5 Å². The number of hydrogen-bond donors (Lipinski definition) is 0. The number of nitrogens with zero attached hydrogens (tertiary/aromatic N) is 3. The van der Waals surface area contributed by atoms with Crippen molar-refractivity contribution < 1.29 is 18.8 Å². The van der Waals surface area contributed by atoms with Gasteiger partial charge in [-0.2, -0.15) is 4.37 Å². The molecule has 0 aliphatic carbocycles. The molecule has 1 aromatic heterocycles. The number of ether oxygens (including phenoxy) is 2. The minimum atomic E-state index is -0.364. The van der Waals surface area contributed by atoms with Gasteiger partial charge in [0.2, 0.25) is 0 Å². The Kier molecular flexibility index (Phi) is 7.99. The van der Waals surface area contributed by atoms with Gasteiger partial charge in [-0.25, -0.2) is 0 Å². The highest BCUT2D eigenvalue weighted by Gasteiger charge is 2.40. The Bertz CT molecular complexity index is 852. The quantitative estimate of drug-likeness (QED) is 0.302. The van der Waals surface area contributed by atoms with Crippen LogP contribution < -0.4 is 4.74 Å². The summed E-state index contributed by atoms with van der Waals surface area (Å²) in [7, 11) is 2.14. The molecule has 2 atom stereocenters. The van der Waals surface area contributed by atoms with Crippen molar-refractivity contribution in [3.05, 3.63) is 47.7 Å². The molecule has 0 fully saturated rings. The monoisotopic (exact) mass is 430 g/mol. The normalized spacial score (nSPS) is 19.8. The summed E-state index contributed by atoms with van der Waals surface area (Å²) in [6.07, 6.45) is 7.36. The van der Waals surface area contributed by atoms with Crippen LogP contribution in [0.2, 0.25) is 0 Å². The second-order valence-electron chi connectivity index (χ2n) is 8.08. The van der Waals surface area contributed by atoms with Crippen LogP contribution in [-0.2, 0) is 9.53 Å². The minimum Gasteiger partial charge on any atom is -0.475 e. The lowest BCUT2D eigenvalue weighted by atomic mass is 10.0. The molecule has 1 aliphatic heterocycles. The molecule has 1 aromatic carbocycles. The third-order valence-corrected chi connectivity index (χ3v) is 6.00. The zero-order valence-corrected chi connectivity index (χ0v) is 19.0. The van der Waals surface area contributed by atoms with Crippen LogP contribution in [0.1, 0.15) is 63.4 Å². The average Bonchev–Trinajstić information content (AvgIpc) is 3.21. The van der Waals surface area contributed by atoms with E-state index in [1.54, 1.807) is 0 Å². The van der Waals surface area contributed by atoms with E-state index in [0.717, 1.165) is 36.2 Å². The van der Waals surface area contributed by atoms with Gasteiger partial charge in [-0.3, -0.25) is 9.28 Å². The largest absolute Gasteiger partial charge is 0.475 e. The van der Waals surface area contributed by atoms with Crippen LogP contribution in [0.25, 0.3) is 5.57 Å².